The van der Waals surface area contributed by atoms with E-state index in [0.717, 1.165) is 51.8 Å². The van der Waals surface area contributed by atoms with Gasteiger partial charge in [0, 0.05) is 36.6 Å². The molecule has 2 aliphatic rings. The van der Waals surface area contributed by atoms with Crippen molar-refractivity contribution in [1.29, 1.82) is 0 Å². The van der Waals surface area contributed by atoms with Gasteiger partial charge in [-0.15, -0.1) is 0 Å². The van der Waals surface area contributed by atoms with Crippen molar-refractivity contribution in [3.8, 4) is 0 Å². The van der Waals surface area contributed by atoms with E-state index in [1.165, 1.54) is 25.2 Å². The average Bonchev–Trinajstić information content (AvgIpc) is 3.12. The molecule has 2 heterocycles. The number of rotatable bonds is 4. The van der Waals surface area contributed by atoms with Gasteiger partial charge >= 0.3 is 0 Å². The van der Waals surface area contributed by atoms with Gasteiger partial charge in [0.15, 0.2) is 11.6 Å². The molecule has 0 unspecified atom stereocenters. The summed E-state index contributed by atoms with van der Waals surface area (Å²) < 4.78 is 32.6. The van der Waals surface area contributed by atoms with Crippen LogP contribution >= 0.6 is 0 Å². The predicted molar refractivity (Wildman–Crippen MR) is 91.5 cm³/mol. The van der Waals surface area contributed by atoms with Crippen molar-refractivity contribution in [3.63, 3.8) is 0 Å². The van der Waals surface area contributed by atoms with Crippen LogP contribution in [0.15, 0.2) is 18.5 Å². The molecule has 25 heavy (non-hydrogen) atoms. The van der Waals surface area contributed by atoms with Gasteiger partial charge in [0.25, 0.3) is 0 Å². The summed E-state index contributed by atoms with van der Waals surface area (Å²) in [5, 5.41) is 3.90. The van der Waals surface area contributed by atoms with Crippen LogP contribution in [-0.4, -0.2) is 53.3 Å². The minimum absolute atomic E-state index is 0.0830. The van der Waals surface area contributed by atoms with E-state index < -0.39 is 11.6 Å². The molecule has 1 aliphatic carbocycles. The largest absolute Gasteiger partial charge is 0.379 e. The molecule has 5 nitrogen and oxygen atoms in total. The lowest BCUT2D eigenvalue weighted by atomic mass is 9.94. The highest BCUT2D eigenvalue weighted by molar-refractivity contribution is 5.88. The second kappa shape index (κ2) is 6.80. The normalized spacial score (nSPS) is 20.9. The zero-order chi connectivity index (χ0) is 17.3. The van der Waals surface area contributed by atoms with E-state index >= 15 is 0 Å². The lowest BCUT2D eigenvalue weighted by molar-refractivity contribution is -0.0160. The summed E-state index contributed by atoms with van der Waals surface area (Å²) in [6.45, 7) is 4.14. The Bertz CT molecular complexity index is 758. The Balaban J connectivity index is 1.59. The summed E-state index contributed by atoms with van der Waals surface area (Å²) in [6.07, 6.45) is 6.07. The maximum Gasteiger partial charge on any atom is 0.161 e. The number of halogens is 2. The topological polar surface area (TPSA) is 50.3 Å². The lowest BCUT2D eigenvalue weighted by Gasteiger charge is -2.43. The number of fused-ring (bicyclic) bond motifs is 1. The molecule has 1 aliphatic heterocycles. The molecule has 2 fully saturated rings. The number of hydrogen-bond acceptors (Lipinski definition) is 5. The zero-order valence-corrected chi connectivity index (χ0v) is 14.1. The number of ether oxygens (including phenoxy) is 1. The van der Waals surface area contributed by atoms with Crippen molar-refractivity contribution in [3.05, 3.63) is 30.1 Å². The van der Waals surface area contributed by atoms with E-state index in [1.54, 1.807) is 0 Å². The first-order chi connectivity index (χ1) is 12.2. The Labute approximate surface area is 145 Å². The molecule has 0 amide bonds. The third-order valence-electron chi connectivity index (χ3n) is 5.48. The summed E-state index contributed by atoms with van der Waals surface area (Å²) in [5.74, 6) is -1.21. The molecule has 0 radical (unpaired) electrons. The monoisotopic (exact) mass is 348 g/mol. The molecule has 7 heteroatoms. The Morgan fingerprint density at radius 1 is 1.08 bits per heavy atom. The molecule has 0 bridgehead atoms. The quantitative estimate of drug-likeness (QED) is 0.921. The Morgan fingerprint density at radius 2 is 1.80 bits per heavy atom. The van der Waals surface area contributed by atoms with Gasteiger partial charge in [-0.1, -0.05) is 12.8 Å². The first-order valence-electron chi connectivity index (χ1n) is 8.84. The Kier molecular flexibility index (Phi) is 4.52. The first kappa shape index (κ1) is 16.6. The van der Waals surface area contributed by atoms with E-state index in [-0.39, 0.29) is 5.54 Å². The third-order valence-corrected chi connectivity index (χ3v) is 5.48. The molecule has 1 saturated heterocycles. The molecule has 1 aromatic heterocycles. The van der Waals surface area contributed by atoms with Gasteiger partial charge in [-0.25, -0.2) is 18.7 Å². The van der Waals surface area contributed by atoms with E-state index in [0.29, 0.717) is 16.7 Å². The van der Waals surface area contributed by atoms with Crippen molar-refractivity contribution < 1.29 is 13.5 Å². The standard InChI is InChI=1S/C18H22F2N4O/c19-14-9-13-16(10-15(14)20)22-12-23-17(13)21-11-18(3-1-2-4-18)24-5-7-25-8-6-24/h9-10,12H,1-8,11H2,(H,21,22,23). The summed E-state index contributed by atoms with van der Waals surface area (Å²) in [4.78, 5) is 10.8. The number of aromatic nitrogens is 2. The van der Waals surface area contributed by atoms with Gasteiger partial charge in [-0.05, 0) is 18.9 Å². The molecule has 1 N–H and O–H groups in total. The van der Waals surface area contributed by atoms with E-state index in [4.69, 9.17) is 4.74 Å². The van der Waals surface area contributed by atoms with Gasteiger partial charge in [0.05, 0.1) is 18.7 Å². The van der Waals surface area contributed by atoms with Crippen LogP contribution in [0.5, 0.6) is 0 Å². The highest BCUT2D eigenvalue weighted by Gasteiger charge is 2.40. The molecule has 4 rings (SSSR count). The fourth-order valence-corrected chi connectivity index (χ4v) is 4.12. The number of benzene rings is 1. The van der Waals surface area contributed by atoms with E-state index in [1.807, 2.05) is 0 Å². The fraction of sp³-hybridized carbons (Fsp3) is 0.556. The molecule has 0 spiro atoms. The number of nitrogens with zero attached hydrogens (tertiary/aromatic N) is 3. The maximum absolute atomic E-state index is 13.7. The summed E-state index contributed by atoms with van der Waals surface area (Å²) >= 11 is 0. The Hall–Kier alpha value is -1.86. The van der Waals surface area contributed by atoms with Gasteiger partial charge in [0.1, 0.15) is 12.1 Å². The maximum atomic E-state index is 13.7. The van der Waals surface area contributed by atoms with Crippen LogP contribution in [-0.2, 0) is 4.74 Å². The minimum Gasteiger partial charge on any atom is -0.379 e. The van der Waals surface area contributed by atoms with Crippen LogP contribution in [0.2, 0.25) is 0 Å². The Morgan fingerprint density at radius 3 is 2.56 bits per heavy atom. The summed E-state index contributed by atoms with van der Waals surface area (Å²) in [6, 6.07) is 2.29. The van der Waals surface area contributed by atoms with Gasteiger partial charge in [0.2, 0.25) is 0 Å². The average molecular weight is 348 g/mol. The van der Waals surface area contributed by atoms with Crippen LogP contribution in [0.4, 0.5) is 14.6 Å². The first-order valence-corrected chi connectivity index (χ1v) is 8.84. The van der Waals surface area contributed by atoms with Gasteiger partial charge in [-0.3, -0.25) is 4.90 Å². The summed E-state index contributed by atoms with van der Waals surface area (Å²) in [5.41, 5.74) is 0.489. The summed E-state index contributed by atoms with van der Waals surface area (Å²) in [7, 11) is 0. The third kappa shape index (κ3) is 3.18. The van der Waals surface area contributed by atoms with E-state index in [9.17, 15) is 8.78 Å². The molecule has 0 atom stereocenters. The van der Waals surface area contributed by atoms with Crippen molar-refractivity contribution >= 4 is 16.7 Å². The molecule has 1 aromatic carbocycles. The molecular formula is C18H22F2N4O. The van der Waals surface area contributed by atoms with Crippen LogP contribution in [0.1, 0.15) is 25.7 Å². The van der Waals surface area contributed by atoms with Crippen molar-refractivity contribution in [1.82, 2.24) is 14.9 Å². The van der Waals surface area contributed by atoms with Crippen LogP contribution < -0.4 is 5.32 Å². The molecule has 2 aromatic rings. The van der Waals surface area contributed by atoms with Crippen molar-refractivity contribution in [2.45, 2.75) is 31.2 Å². The molecular weight excluding hydrogens is 326 g/mol. The lowest BCUT2D eigenvalue weighted by Crippen LogP contribution is -2.55. The van der Waals surface area contributed by atoms with E-state index in [2.05, 4.69) is 20.2 Å². The zero-order valence-electron chi connectivity index (χ0n) is 14.1. The second-order valence-corrected chi connectivity index (χ2v) is 6.89. The number of anilines is 1. The molecule has 134 valence electrons. The number of morpholine rings is 1. The van der Waals surface area contributed by atoms with Crippen LogP contribution in [0.3, 0.4) is 0 Å². The number of nitrogens with one attached hydrogen (secondary N) is 1. The highest BCUT2D eigenvalue weighted by atomic mass is 19.2. The van der Waals surface area contributed by atoms with Gasteiger partial charge in [-0.2, -0.15) is 0 Å². The van der Waals surface area contributed by atoms with Crippen molar-refractivity contribution in [2.75, 3.05) is 38.2 Å². The molecule has 1 saturated carbocycles. The SMILES string of the molecule is Fc1cc2ncnc(NCC3(N4CCOCC4)CCCC3)c2cc1F. The second-order valence-electron chi connectivity index (χ2n) is 6.89. The highest BCUT2D eigenvalue weighted by Crippen LogP contribution is 2.36. The van der Waals surface area contributed by atoms with Crippen LogP contribution in [0.25, 0.3) is 10.9 Å². The predicted octanol–water partition coefficient (Wildman–Crippen LogP) is 2.96. The fourth-order valence-electron chi connectivity index (χ4n) is 4.12. The van der Waals surface area contributed by atoms with Crippen LogP contribution in [0, 0.1) is 11.6 Å². The minimum atomic E-state index is -0.891. The van der Waals surface area contributed by atoms with Crippen molar-refractivity contribution in [2.24, 2.45) is 0 Å². The number of hydrogen-bond donors (Lipinski definition) is 1. The van der Waals surface area contributed by atoms with Gasteiger partial charge < -0.3 is 10.1 Å². The smallest absolute Gasteiger partial charge is 0.161 e.